The van der Waals surface area contributed by atoms with Gasteiger partial charge in [0.2, 0.25) is 0 Å². The van der Waals surface area contributed by atoms with Crippen LogP contribution in [0.3, 0.4) is 0 Å². The lowest BCUT2D eigenvalue weighted by Crippen LogP contribution is -2.38. The Labute approximate surface area is 132 Å². The maximum absolute atomic E-state index is 13.8. The number of methoxy groups -OCH3 is 1. The number of aryl methyl sites for hydroxylation is 1. The molecule has 1 saturated heterocycles. The molecule has 3 nitrogen and oxygen atoms in total. The minimum atomic E-state index is -0.459. The van der Waals surface area contributed by atoms with Crippen LogP contribution in [0.15, 0.2) is 22.7 Å². The molecule has 21 heavy (non-hydrogen) atoms. The van der Waals surface area contributed by atoms with Gasteiger partial charge in [-0.2, -0.15) is 0 Å². The van der Waals surface area contributed by atoms with E-state index in [2.05, 4.69) is 15.9 Å². The van der Waals surface area contributed by atoms with Crippen LogP contribution in [-0.2, 0) is 20.7 Å². The second-order valence-electron chi connectivity index (χ2n) is 5.47. The zero-order valence-corrected chi connectivity index (χ0v) is 13.7. The zero-order chi connectivity index (χ0) is 15.3. The summed E-state index contributed by atoms with van der Waals surface area (Å²) in [7, 11) is 1.42. The molecule has 1 aliphatic heterocycles. The highest BCUT2D eigenvalue weighted by Gasteiger charge is 2.40. The average molecular weight is 359 g/mol. The number of carbonyl (C=O) groups excluding carboxylic acids is 1. The summed E-state index contributed by atoms with van der Waals surface area (Å²) in [6.45, 7) is 1.17. The Kier molecular flexibility index (Phi) is 5.76. The van der Waals surface area contributed by atoms with Gasteiger partial charge in [0.15, 0.2) is 0 Å². The maximum atomic E-state index is 13.8. The van der Waals surface area contributed by atoms with E-state index in [-0.39, 0.29) is 11.8 Å². The van der Waals surface area contributed by atoms with Crippen molar-refractivity contribution in [2.45, 2.75) is 32.1 Å². The van der Waals surface area contributed by atoms with E-state index < -0.39 is 5.41 Å². The molecule has 116 valence electrons. The topological polar surface area (TPSA) is 35.5 Å². The minimum Gasteiger partial charge on any atom is -0.469 e. The number of ether oxygens (including phenoxy) is 2. The Morgan fingerprint density at radius 1 is 1.43 bits per heavy atom. The van der Waals surface area contributed by atoms with Crippen LogP contribution in [0.25, 0.3) is 0 Å². The van der Waals surface area contributed by atoms with Gasteiger partial charge in [-0.25, -0.2) is 4.39 Å². The van der Waals surface area contributed by atoms with Gasteiger partial charge in [-0.3, -0.25) is 4.79 Å². The SMILES string of the molecule is COC(=O)C1(CCCc2ccc(Br)cc2F)CCOCC1. The van der Waals surface area contributed by atoms with E-state index in [1.54, 1.807) is 6.07 Å². The standard InChI is InChI=1S/C16H20BrFO3/c1-20-15(19)16(7-9-21-10-8-16)6-2-3-12-4-5-13(17)11-14(12)18/h4-5,11H,2-3,6-10H2,1H3. The highest BCUT2D eigenvalue weighted by atomic mass is 79.9. The Balaban J connectivity index is 1.97. The molecule has 0 aliphatic carbocycles. The average Bonchev–Trinajstić information content (AvgIpc) is 2.49. The van der Waals surface area contributed by atoms with Crippen LogP contribution in [0.2, 0.25) is 0 Å². The summed E-state index contributed by atoms with van der Waals surface area (Å²) >= 11 is 3.25. The van der Waals surface area contributed by atoms with Gasteiger partial charge in [0, 0.05) is 17.7 Å². The normalized spacial score (nSPS) is 17.5. The third-order valence-corrected chi connectivity index (χ3v) is 4.68. The summed E-state index contributed by atoms with van der Waals surface area (Å²) < 4.78 is 24.8. The van der Waals surface area contributed by atoms with Crippen molar-refractivity contribution in [2.24, 2.45) is 5.41 Å². The van der Waals surface area contributed by atoms with E-state index in [1.165, 1.54) is 13.2 Å². The first kappa shape index (κ1) is 16.4. The van der Waals surface area contributed by atoms with Crippen LogP contribution in [-0.4, -0.2) is 26.3 Å². The fourth-order valence-electron chi connectivity index (χ4n) is 2.88. The lowest BCUT2D eigenvalue weighted by Gasteiger charge is -2.34. The second-order valence-corrected chi connectivity index (χ2v) is 6.39. The van der Waals surface area contributed by atoms with Crippen LogP contribution in [0.1, 0.15) is 31.2 Å². The molecule has 0 unspecified atom stereocenters. The maximum Gasteiger partial charge on any atom is 0.311 e. The molecular formula is C16H20BrFO3. The molecule has 0 aromatic heterocycles. The van der Waals surface area contributed by atoms with Gasteiger partial charge in [-0.15, -0.1) is 0 Å². The van der Waals surface area contributed by atoms with Crippen molar-refractivity contribution in [1.29, 1.82) is 0 Å². The van der Waals surface area contributed by atoms with E-state index >= 15 is 0 Å². The van der Waals surface area contributed by atoms with E-state index in [0.29, 0.717) is 44.5 Å². The van der Waals surface area contributed by atoms with E-state index in [4.69, 9.17) is 9.47 Å². The van der Waals surface area contributed by atoms with Gasteiger partial charge in [0.1, 0.15) is 5.82 Å². The molecule has 5 heteroatoms. The minimum absolute atomic E-state index is 0.165. The second kappa shape index (κ2) is 7.36. The van der Waals surface area contributed by atoms with Crippen molar-refractivity contribution >= 4 is 21.9 Å². The number of carbonyl (C=O) groups is 1. The fourth-order valence-corrected chi connectivity index (χ4v) is 3.21. The summed E-state index contributed by atoms with van der Waals surface area (Å²) in [5.74, 6) is -0.370. The van der Waals surface area contributed by atoms with Crippen LogP contribution < -0.4 is 0 Å². The molecule has 1 aromatic carbocycles. The lowest BCUT2D eigenvalue weighted by atomic mass is 9.76. The Morgan fingerprint density at radius 3 is 2.76 bits per heavy atom. The van der Waals surface area contributed by atoms with Gasteiger partial charge >= 0.3 is 5.97 Å². The van der Waals surface area contributed by atoms with Crippen molar-refractivity contribution in [2.75, 3.05) is 20.3 Å². The molecule has 1 heterocycles. The number of hydrogen-bond donors (Lipinski definition) is 0. The van der Waals surface area contributed by atoms with E-state index in [1.807, 2.05) is 6.07 Å². The van der Waals surface area contributed by atoms with Crippen LogP contribution in [0.5, 0.6) is 0 Å². The zero-order valence-electron chi connectivity index (χ0n) is 12.2. The Bertz CT molecular complexity index is 498. The summed E-state index contributed by atoms with van der Waals surface area (Å²) in [4.78, 5) is 12.1. The largest absolute Gasteiger partial charge is 0.469 e. The van der Waals surface area contributed by atoms with Gasteiger partial charge in [-0.05, 0) is 49.8 Å². The van der Waals surface area contributed by atoms with Crippen molar-refractivity contribution in [3.05, 3.63) is 34.1 Å². The molecule has 0 saturated carbocycles. The first-order valence-electron chi connectivity index (χ1n) is 7.17. The fraction of sp³-hybridized carbons (Fsp3) is 0.562. The Morgan fingerprint density at radius 2 is 2.14 bits per heavy atom. The molecule has 0 spiro atoms. The van der Waals surface area contributed by atoms with Crippen molar-refractivity contribution in [1.82, 2.24) is 0 Å². The van der Waals surface area contributed by atoms with Gasteiger partial charge < -0.3 is 9.47 Å². The third kappa shape index (κ3) is 4.04. The van der Waals surface area contributed by atoms with Crippen molar-refractivity contribution in [3.8, 4) is 0 Å². The molecule has 0 amide bonds. The highest BCUT2D eigenvalue weighted by molar-refractivity contribution is 9.10. The van der Waals surface area contributed by atoms with Crippen molar-refractivity contribution in [3.63, 3.8) is 0 Å². The number of benzene rings is 1. The number of hydrogen-bond acceptors (Lipinski definition) is 3. The molecule has 0 N–H and O–H groups in total. The number of esters is 1. The van der Waals surface area contributed by atoms with E-state index in [0.717, 1.165) is 10.9 Å². The predicted octanol–water partition coefficient (Wildman–Crippen LogP) is 3.88. The first-order chi connectivity index (χ1) is 10.1. The predicted molar refractivity (Wildman–Crippen MR) is 81.5 cm³/mol. The smallest absolute Gasteiger partial charge is 0.311 e. The van der Waals surface area contributed by atoms with Gasteiger partial charge in [0.05, 0.1) is 12.5 Å². The molecule has 0 atom stereocenters. The van der Waals surface area contributed by atoms with Crippen LogP contribution in [0.4, 0.5) is 4.39 Å². The molecule has 1 aliphatic rings. The molecule has 2 rings (SSSR count). The molecule has 1 aromatic rings. The molecule has 1 fully saturated rings. The molecular weight excluding hydrogens is 339 g/mol. The van der Waals surface area contributed by atoms with Crippen molar-refractivity contribution < 1.29 is 18.7 Å². The summed E-state index contributed by atoms with van der Waals surface area (Å²) in [6, 6.07) is 5.09. The number of rotatable bonds is 5. The van der Waals surface area contributed by atoms with Gasteiger partial charge in [-0.1, -0.05) is 22.0 Å². The van der Waals surface area contributed by atoms with Gasteiger partial charge in [0.25, 0.3) is 0 Å². The monoisotopic (exact) mass is 358 g/mol. The lowest BCUT2D eigenvalue weighted by molar-refractivity contribution is -0.159. The van der Waals surface area contributed by atoms with E-state index in [9.17, 15) is 9.18 Å². The summed E-state index contributed by atoms with van der Waals surface area (Å²) in [5.41, 5.74) is 0.226. The Hall–Kier alpha value is -0.940. The first-order valence-corrected chi connectivity index (χ1v) is 7.97. The summed E-state index contributed by atoms with van der Waals surface area (Å²) in [5, 5.41) is 0. The number of halogens is 2. The third-order valence-electron chi connectivity index (χ3n) is 4.18. The quantitative estimate of drug-likeness (QED) is 0.749. The van der Waals surface area contributed by atoms with Crippen LogP contribution in [0, 0.1) is 11.2 Å². The van der Waals surface area contributed by atoms with Crippen LogP contribution >= 0.6 is 15.9 Å². The summed E-state index contributed by atoms with van der Waals surface area (Å²) in [6.07, 6.45) is 3.45. The highest BCUT2D eigenvalue weighted by Crippen LogP contribution is 2.37. The molecule has 0 radical (unpaired) electrons. The molecule has 0 bridgehead atoms.